The molecular weight excluding hydrogens is 476 g/mol. The zero-order valence-corrected chi connectivity index (χ0v) is 18.2. The number of aromatic nitrogens is 2. The van der Waals surface area contributed by atoms with Gasteiger partial charge < -0.3 is 0 Å². The number of hydrogen-bond acceptors (Lipinski definition) is 3. The Kier molecular flexibility index (Phi) is 6.16. The summed E-state index contributed by atoms with van der Waals surface area (Å²) in [7, 11) is 0. The first kappa shape index (κ1) is 22.8. The minimum atomic E-state index is -4.69. The molecule has 5 nitrogen and oxygen atoms in total. The summed E-state index contributed by atoms with van der Waals surface area (Å²) in [5, 5.41) is 1.32. The Labute approximate surface area is 196 Å². The van der Waals surface area contributed by atoms with Crippen molar-refractivity contribution in [2.45, 2.75) is 6.18 Å². The predicted octanol–water partition coefficient (Wildman–Crippen LogP) is 6.39. The number of amides is 1. The van der Waals surface area contributed by atoms with E-state index in [1.54, 1.807) is 53.1 Å². The molecule has 4 rings (SSSR count). The second-order valence-corrected chi connectivity index (χ2v) is 7.81. The number of hydrogen-bond donors (Lipinski definition) is 1. The summed E-state index contributed by atoms with van der Waals surface area (Å²) < 4.78 is 41.9. The molecular formula is C23H15Cl2F3N4O. The van der Waals surface area contributed by atoms with Crippen molar-refractivity contribution < 1.29 is 18.0 Å². The smallest absolute Gasteiger partial charge is 0.299 e. The van der Waals surface area contributed by atoms with Gasteiger partial charge in [-0.15, -0.1) is 0 Å². The average molecular weight is 491 g/mol. The molecule has 1 aromatic heterocycles. The monoisotopic (exact) mass is 490 g/mol. The van der Waals surface area contributed by atoms with E-state index in [2.05, 4.69) is 4.98 Å². The number of hydrazine groups is 1. The standard InChI is InChI=1S/C23H15Cl2F3N4O/c24-14-9-11-15(12-10-14)31-13-19(30-21(31)16-5-1-3-7-18(16)25)22(33)32(29)20-8-4-2-6-17(20)23(26,27)28/h1-13H,29H2. The van der Waals surface area contributed by atoms with Gasteiger partial charge in [0.25, 0.3) is 5.91 Å². The van der Waals surface area contributed by atoms with Gasteiger partial charge in [0.05, 0.1) is 16.3 Å². The van der Waals surface area contributed by atoms with Crippen molar-refractivity contribution in [2.75, 3.05) is 5.01 Å². The zero-order valence-electron chi connectivity index (χ0n) is 16.7. The van der Waals surface area contributed by atoms with Gasteiger partial charge in [0, 0.05) is 22.5 Å². The number of carbonyl (C=O) groups is 1. The molecule has 3 aromatic carbocycles. The van der Waals surface area contributed by atoms with Crippen LogP contribution >= 0.6 is 23.2 Å². The highest BCUT2D eigenvalue weighted by molar-refractivity contribution is 6.33. The van der Waals surface area contributed by atoms with Crippen LogP contribution in [0.3, 0.4) is 0 Å². The van der Waals surface area contributed by atoms with Crippen LogP contribution in [-0.2, 0) is 6.18 Å². The predicted molar refractivity (Wildman–Crippen MR) is 121 cm³/mol. The summed E-state index contributed by atoms with van der Waals surface area (Å²) in [5.41, 5.74) is -0.563. The zero-order chi connectivity index (χ0) is 23.8. The van der Waals surface area contributed by atoms with Crippen molar-refractivity contribution in [3.05, 3.63) is 100 Å². The normalized spacial score (nSPS) is 11.5. The number of benzene rings is 3. The summed E-state index contributed by atoms with van der Waals surface area (Å²) in [5.74, 6) is 5.23. The van der Waals surface area contributed by atoms with Crippen molar-refractivity contribution >= 4 is 34.8 Å². The highest BCUT2D eigenvalue weighted by atomic mass is 35.5. The maximum Gasteiger partial charge on any atom is 0.418 e. The van der Waals surface area contributed by atoms with E-state index in [4.69, 9.17) is 29.0 Å². The lowest BCUT2D eigenvalue weighted by Crippen LogP contribution is -2.39. The van der Waals surface area contributed by atoms with Gasteiger partial charge in [0.1, 0.15) is 11.5 Å². The molecule has 0 atom stereocenters. The number of anilines is 1. The maximum absolute atomic E-state index is 13.4. The number of imidazole rings is 1. The summed E-state index contributed by atoms with van der Waals surface area (Å²) >= 11 is 12.3. The third kappa shape index (κ3) is 4.59. The third-order valence-corrected chi connectivity index (χ3v) is 5.41. The van der Waals surface area contributed by atoms with Crippen LogP contribution in [0.25, 0.3) is 17.1 Å². The van der Waals surface area contributed by atoms with Crippen molar-refractivity contribution in [1.29, 1.82) is 0 Å². The minimum Gasteiger partial charge on any atom is -0.299 e. The van der Waals surface area contributed by atoms with E-state index in [0.29, 0.717) is 32.1 Å². The molecule has 0 saturated carbocycles. The summed E-state index contributed by atoms with van der Waals surface area (Å²) in [6, 6.07) is 18.1. The molecule has 10 heteroatoms. The lowest BCUT2D eigenvalue weighted by atomic mass is 10.1. The van der Waals surface area contributed by atoms with Crippen LogP contribution in [0.2, 0.25) is 10.0 Å². The Bertz CT molecular complexity index is 1320. The fraction of sp³-hybridized carbons (Fsp3) is 0.0435. The van der Waals surface area contributed by atoms with Crippen molar-refractivity contribution in [3.8, 4) is 17.1 Å². The van der Waals surface area contributed by atoms with E-state index < -0.39 is 23.3 Å². The molecule has 33 heavy (non-hydrogen) atoms. The van der Waals surface area contributed by atoms with E-state index in [0.717, 1.165) is 12.1 Å². The Balaban J connectivity index is 1.82. The van der Waals surface area contributed by atoms with E-state index in [9.17, 15) is 18.0 Å². The molecule has 0 aliphatic heterocycles. The van der Waals surface area contributed by atoms with Gasteiger partial charge in [-0.05, 0) is 48.5 Å². The van der Waals surface area contributed by atoms with Gasteiger partial charge in [0.2, 0.25) is 0 Å². The van der Waals surface area contributed by atoms with E-state index in [1.807, 2.05) is 0 Å². The van der Waals surface area contributed by atoms with Crippen LogP contribution in [0.4, 0.5) is 18.9 Å². The molecule has 0 unspecified atom stereocenters. The molecule has 0 aliphatic carbocycles. The molecule has 0 radical (unpaired) electrons. The van der Waals surface area contributed by atoms with E-state index in [-0.39, 0.29) is 5.69 Å². The van der Waals surface area contributed by atoms with Crippen molar-refractivity contribution in [3.63, 3.8) is 0 Å². The third-order valence-electron chi connectivity index (χ3n) is 4.83. The summed E-state index contributed by atoms with van der Waals surface area (Å²) in [6.45, 7) is 0. The molecule has 1 heterocycles. The fourth-order valence-electron chi connectivity index (χ4n) is 3.27. The Morgan fingerprint density at radius 3 is 2.24 bits per heavy atom. The van der Waals surface area contributed by atoms with Crippen molar-refractivity contribution in [1.82, 2.24) is 9.55 Å². The van der Waals surface area contributed by atoms with Crippen LogP contribution in [0, 0.1) is 0 Å². The first-order chi connectivity index (χ1) is 15.7. The Morgan fingerprint density at radius 2 is 1.58 bits per heavy atom. The molecule has 4 aromatic rings. The average Bonchev–Trinajstić information content (AvgIpc) is 3.23. The number of rotatable bonds is 4. The van der Waals surface area contributed by atoms with Crippen LogP contribution in [0.5, 0.6) is 0 Å². The number of nitrogens with two attached hydrogens (primary N) is 1. The molecule has 0 aliphatic rings. The second kappa shape index (κ2) is 8.90. The number of carbonyl (C=O) groups excluding carboxylic acids is 1. The van der Waals surface area contributed by atoms with Gasteiger partial charge in [-0.1, -0.05) is 47.5 Å². The van der Waals surface area contributed by atoms with Gasteiger partial charge in [-0.25, -0.2) is 15.8 Å². The molecule has 1 amide bonds. The molecule has 2 N–H and O–H groups in total. The lowest BCUT2D eigenvalue weighted by molar-refractivity contribution is -0.137. The Hall–Kier alpha value is -3.33. The SMILES string of the molecule is NN(C(=O)c1cn(-c2ccc(Cl)cc2)c(-c2ccccc2Cl)n1)c1ccccc1C(F)(F)F. The maximum atomic E-state index is 13.4. The van der Waals surface area contributed by atoms with Gasteiger partial charge in [0.15, 0.2) is 0 Å². The van der Waals surface area contributed by atoms with Crippen LogP contribution in [0.15, 0.2) is 79.0 Å². The summed E-state index contributed by atoms with van der Waals surface area (Å²) in [4.78, 5) is 17.5. The molecule has 168 valence electrons. The quantitative estimate of drug-likeness (QED) is 0.205. The molecule has 0 bridgehead atoms. The number of para-hydroxylation sites is 1. The number of halogens is 5. The minimum absolute atomic E-state index is 0.167. The topological polar surface area (TPSA) is 64.2 Å². The van der Waals surface area contributed by atoms with Crippen LogP contribution in [-0.4, -0.2) is 15.5 Å². The Morgan fingerprint density at radius 1 is 0.939 bits per heavy atom. The number of alkyl halides is 3. The lowest BCUT2D eigenvalue weighted by Gasteiger charge is -2.20. The van der Waals surface area contributed by atoms with Crippen LogP contribution < -0.4 is 10.9 Å². The fourth-order valence-corrected chi connectivity index (χ4v) is 3.62. The molecule has 0 spiro atoms. The summed E-state index contributed by atoms with van der Waals surface area (Å²) in [6.07, 6.45) is -3.31. The van der Waals surface area contributed by atoms with Gasteiger partial charge in [-0.3, -0.25) is 9.36 Å². The highest BCUT2D eigenvalue weighted by Crippen LogP contribution is 2.36. The highest BCUT2D eigenvalue weighted by Gasteiger charge is 2.36. The number of nitrogens with zero attached hydrogens (tertiary/aromatic N) is 3. The molecule has 0 saturated heterocycles. The van der Waals surface area contributed by atoms with E-state index >= 15 is 0 Å². The first-order valence-electron chi connectivity index (χ1n) is 9.52. The largest absolute Gasteiger partial charge is 0.418 e. The second-order valence-electron chi connectivity index (χ2n) is 6.97. The van der Waals surface area contributed by atoms with E-state index in [1.165, 1.54) is 18.3 Å². The van der Waals surface area contributed by atoms with Crippen LogP contribution in [0.1, 0.15) is 16.1 Å². The first-order valence-corrected chi connectivity index (χ1v) is 10.3. The van der Waals surface area contributed by atoms with Gasteiger partial charge in [-0.2, -0.15) is 13.2 Å². The van der Waals surface area contributed by atoms with Crippen molar-refractivity contribution in [2.24, 2.45) is 5.84 Å². The molecule has 0 fully saturated rings. The van der Waals surface area contributed by atoms with Gasteiger partial charge >= 0.3 is 6.18 Å².